The summed E-state index contributed by atoms with van der Waals surface area (Å²) in [5, 5.41) is 17.0. The van der Waals surface area contributed by atoms with Crippen molar-refractivity contribution < 1.29 is 37.5 Å². The van der Waals surface area contributed by atoms with Crippen molar-refractivity contribution in [1.29, 1.82) is 0 Å². The van der Waals surface area contributed by atoms with E-state index in [0.29, 0.717) is 31.8 Å². The van der Waals surface area contributed by atoms with E-state index in [2.05, 4.69) is 20.8 Å². The standard InChI is InChI=1S/C22H25N5O3.C2HF3O2/c1-16-4-2-5-18(12-16)25-21(29)27-11-3-8-22(15-27)13-19(26-30-22)20(28)24-14-17-6-9-23-10-7-17;3-2(4,5)1(6)7/h2,4-7,9-10,12H,3,8,11,13-15H2,1H3,(H,24,28)(H,25,29);(H,6,7). The highest BCUT2D eigenvalue weighted by Crippen LogP contribution is 2.33. The van der Waals surface area contributed by atoms with Crippen LogP contribution in [0, 0.1) is 6.92 Å². The van der Waals surface area contributed by atoms with E-state index in [-0.39, 0.29) is 11.9 Å². The minimum atomic E-state index is -5.08. The maximum atomic E-state index is 12.7. The van der Waals surface area contributed by atoms with Gasteiger partial charge < -0.3 is 25.5 Å². The first-order valence-corrected chi connectivity index (χ1v) is 11.3. The van der Waals surface area contributed by atoms with Gasteiger partial charge in [-0.1, -0.05) is 17.3 Å². The molecule has 1 fully saturated rings. The Hall–Kier alpha value is -4.16. The molecule has 3 heterocycles. The Bertz CT molecular complexity index is 1160. The number of nitrogens with zero attached hydrogens (tertiary/aromatic N) is 3. The number of urea groups is 1. The number of pyridine rings is 1. The fourth-order valence-electron chi connectivity index (χ4n) is 3.84. The molecule has 13 heteroatoms. The van der Waals surface area contributed by atoms with Crippen molar-refractivity contribution >= 4 is 29.3 Å². The van der Waals surface area contributed by atoms with Crippen LogP contribution in [0.2, 0.25) is 0 Å². The first-order valence-electron chi connectivity index (χ1n) is 11.3. The Morgan fingerprint density at radius 1 is 1.19 bits per heavy atom. The molecule has 10 nitrogen and oxygen atoms in total. The van der Waals surface area contributed by atoms with Crippen LogP contribution in [0.1, 0.15) is 30.4 Å². The third-order valence-corrected chi connectivity index (χ3v) is 5.64. The lowest BCUT2D eigenvalue weighted by Crippen LogP contribution is -2.52. The van der Waals surface area contributed by atoms with Gasteiger partial charge in [0.15, 0.2) is 5.60 Å². The van der Waals surface area contributed by atoms with E-state index in [4.69, 9.17) is 14.7 Å². The Kier molecular flexibility index (Phi) is 8.69. The second-order valence-electron chi connectivity index (χ2n) is 8.65. The smallest absolute Gasteiger partial charge is 0.475 e. The van der Waals surface area contributed by atoms with Crippen molar-refractivity contribution in [3.8, 4) is 0 Å². The van der Waals surface area contributed by atoms with E-state index >= 15 is 0 Å². The number of alkyl halides is 3. The van der Waals surface area contributed by atoms with Crippen molar-refractivity contribution in [2.24, 2.45) is 5.16 Å². The van der Waals surface area contributed by atoms with E-state index in [1.54, 1.807) is 17.3 Å². The van der Waals surface area contributed by atoms with Gasteiger partial charge in [0, 0.05) is 37.6 Å². The molecular weight excluding hydrogens is 495 g/mol. The Morgan fingerprint density at radius 2 is 1.89 bits per heavy atom. The van der Waals surface area contributed by atoms with Crippen molar-refractivity contribution in [2.45, 2.75) is 44.5 Å². The number of aryl methyl sites for hydroxylation is 1. The number of aromatic nitrogens is 1. The Labute approximate surface area is 210 Å². The van der Waals surface area contributed by atoms with E-state index in [9.17, 15) is 22.8 Å². The zero-order chi connectivity index (χ0) is 27.1. The molecule has 0 saturated carbocycles. The number of carbonyl (C=O) groups is 3. The monoisotopic (exact) mass is 521 g/mol. The summed E-state index contributed by atoms with van der Waals surface area (Å²) in [7, 11) is 0. The quantitative estimate of drug-likeness (QED) is 0.564. The molecule has 2 aliphatic heterocycles. The molecule has 1 atom stereocenters. The first-order chi connectivity index (χ1) is 17.5. The third-order valence-electron chi connectivity index (χ3n) is 5.64. The Morgan fingerprint density at radius 3 is 2.54 bits per heavy atom. The van der Waals surface area contributed by atoms with E-state index in [0.717, 1.165) is 29.7 Å². The van der Waals surface area contributed by atoms with E-state index in [1.807, 2.05) is 43.3 Å². The van der Waals surface area contributed by atoms with E-state index in [1.165, 1.54) is 0 Å². The number of hydrogen-bond donors (Lipinski definition) is 3. The predicted octanol–water partition coefficient (Wildman–Crippen LogP) is 3.48. The summed E-state index contributed by atoms with van der Waals surface area (Å²) in [5.41, 5.74) is 2.54. The van der Waals surface area contributed by atoms with Gasteiger partial charge in [0.25, 0.3) is 5.91 Å². The maximum Gasteiger partial charge on any atom is 0.490 e. The highest BCUT2D eigenvalue weighted by Gasteiger charge is 2.45. The first kappa shape index (κ1) is 27.4. The van der Waals surface area contributed by atoms with Crippen molar-refractivity contribution in [2.75, 3.05) is 18.4 Å². The fourth-order valence-corrected chi connectivity index (χ4v) is 3.84. The lowest BCUT2D eigenvalue weighted by molar-refractivity contribution is -0.192. The number of rotatable bonds is 4. The number of benzene rings is 1. The van der Waals surface area contributed by atoms with Crippen LogP contribution >= 0.6 is 0 Å². The minimum Gasteiger partial charge on any atom is -0.475 e. The lowest BCUT2D eigenvalue weighted by Gasteiger charge is -2.38. The summed E-state index contributed by atoms with van der Waals surface area (Å²) in [5.74, 6) is -3.00. The molecule has 0 radical (unpaired) electrons. The average Bonchev–Trinajstić information content (AvgIpc) is 3.26. The number of anilines is 1. The Balaban J connectivity index is 0.000000479. The SMILES string of the molecule is Cc1cccc(NC(=O)N2CCCC3(CC(C(=O)NCc4ccncc4)=NO3)C2)c1.O=C(O)C(F)(F)F. The lowest BCUT2D eigenvalue weighted by atomic mass is 9.88. The van der Waals surface area contributed by atoms with Crippen LogP contribution < -0.4 is 10.6 Å². The molecule has 1 aromatic carbocycles. The second-order valence-corrected chi connectivity index (χ2v) is 8.65. The molecular formula is C24H26F3N5O5. The summed E-state index contributed by atoms with van der Waals surface area (Å²) in [4.78, 5) is 45.5. The zero-order valence-corrected chi connectivity index (χ0v) is 19.9. The highest BCUT2D eigenvalue weighted by molar-refractivity contribution is 6.39. The van der Waals surface area contributed by atoms with Gasteiger partial charge in [0.05, 0.1) is 6.54 Å². The number of nitrogens with one attached hydrogen (secondary N) is 2. The second kappa shape index (κ2) is 11.7. The van der Waals surface area contributed by atoms with Crippen LogP contribution in [-0.4, -0.2) is 63.5 Å². The molecule has 2 aliphatic rings. The molecule has 3 N–H and O–H groups in total. The number of hydrogen-bond acceptors (Lipinski definition) is 6. The molecule has 4 rings (SSSR count). The summed E-state index contributed by atoms with van der Waals surface area (Å²) in [6.07, 6.45) is 0.230. The van der Waals surface area contributed by atoms with Crippen LogP contribution in [0.25, 0.3) is 0 Å². The average molecular weight is 521 g/mol. The molecule has 1 spiro atoms. The van der Waals surface area contributed by atoms with Crippen molar-refractivity contribution in [3.63, 3.8) is 0 Å². The van der Waals surface area contributed by atoms with Crippen LogP contribution in [0.3, 0.4) is 0 Å². The van der Waals surface area contributed by atoms with Crippen LogP contribution in [-0.2, 0) is 21.0 Å². The fraction of sp³-hybridized carbons (Fsp3) is 0.375. The normalized spacial score (nSPS) is 18.7. The molecule has 0 bridgehead atoms. The molecule has 2 aromatic rings. The number of oxime groups is 1. The minimum absolute atomic E-state index is 0.168. The van der Waals surface area contributed by atoms with Crippen LogP contribution in [0.4, 0.5) is 23.7 Å². The zero-order valence-electron chi connectivity index (χ0n) is 19.9. The molecule has 37 heavy (non-hydrogen) atoms. The topological polar surface area (TPSA) is 133 Å². The van der Waals surface area contributed by atoms with Crippen molar-refractivity contribution in [3.05, 3.63) is 59.9 Å². The predicted molar refractivity (Wildman–Crippen MR) is 127 cm³/mol. The summed E-state index contributed by atoms with van der Waals surface area (Å²) < 4.78 is 31.7. The molecule has 0 aliphatic carbocycles. The van der Waals surface area contributed by atoms with Gasteiger partial charge in [0.1, 0.15) is 5.71 Å². The number of likely N-dealkylation sites (tertiary alicyclic amines) is 1. The van der Waals surface area contributed by atoms with Gasteiger partial charge in [-0.25, -0.2) is 9.59 Å². The highest BCUT2D eigenvalue weighted by atomic mass is 19.4. The van der Waals surface area contributed by atoms with Gasteiger partial charge in [-0.2, -0.15) is 13.2 Å². The molecule has 3 amide bonds. The number of carboxylic acids is 1. The van der Waals surface area contributed by atoms with Gasteiger partial charge in [-0.3, -0.25) is 9.78 Å². The number of amides is 3. The molecule has 1 aromatic heterocycles. The number of carbonyl (C=O) groups excluding carboxylic acids is 2. The van der Waals surface area contributed by atoms with Gasteiger partial charge in [-0.15, -0.1) is 0 Å². The van der Waals surface area contributed by atoms with Crippen LogP contribution in [0.5, 0.6) is 0 Å². The number of halogens is 3. The van der Waals surface area contributed by atoms with Crippen LogP contribution in [0.15, 0.2) is 53.9 Å². The van der Waals surface area contributed by atoms with Gasteiger partial charge >= 0.3 is 18.2 Å². The van der Waals surface area contributed by atoms with Gasteiger partial charge in [-0.05, 0) is 55.2 Å². The largest absolute Gasteiger partial charge is 0.490 e. The number of carboxylic acid groups (broad SMARTS) is 1. The number of aliphatic carboxylic acids is 1. The van der Waals surface area contributed by atoms with Crippen molar-refractivity contribution in [1.82, 2.24) is 15.2 Å². The number of piperidine rings is 1. The third kappa shape index (κ3) is 7.92. The molecule has 1 saturated heterocycles. The molecule has 1 unspecified atom stereocenters. The summed E-state index contributed by atoms with van der Waals surface area (Å²) in [6.45, 7) is 3.43. The van der Waals surface area contributed by atoms with Gasteiger partial charge in [0.2, 0.25) is 0 Å². The summed E-state index contributed by atoms with van der Waals surface area (Å²) >= 11 is 0. The molecule has 198 valence electrons. The maximum absolute atomic E-state index is 12.7. The summed E-state index contributed by atoms with van der Waals surface area (Å²) in [6, 6.07) is 11.2. The van der Waals surface area contributed by atoms with E-state index < -0.39 is 17.7 Å².